The molecule has 0 heterocycles. The molecule has 0 fully saturated rings. The van der Waals surface area contributed by atoms with E-state index in [1.54, 1.807) is 32.0 Å². The fourth-order valence-electron chi connectivity index (χ4n) is 2.91. The molecule has 30 heavy (non-hydrogen) atoms. The minimum Gasteiger partial charge on any atom is -0.392 e. The maximum atomic E-state index is 12.4. The molecule has 1 aromatic carbocycles. The van der Waals surface area contributed by atoms with Crippen molar-refractivity contribution >= 4 is 29.1 Å². The van der Waals surface area contributed by atoms with Gasteiger partial charge in [0.1, 0.15) is 5.78 Å². The highest BCUT2D eigenvalue weighted by molar-refractivity contribution is 5.97. The van der Waals surface area contributed by atoms with Gasteiger partial charge in [-0.1, -0.05) is 13.0 Å². The number of carbonyl (C=O) groups excluding carboxylic acids is 4. The third-order valence-corrected chi connectivity index (χ3v) is 4.68. The van der Waals surface area contributed by atoms with Gasteiger partial charge in [-0.25, -0.2) is 0 Å². The van der Waals surface area contributed by atoms with Crippen molar-refractivity contribution in [1.29, 1.82) is 0 Å². The molecule has 0 bridgehead atoms. The number of benzene rings is 1. The molecule has 0 saturated heterocycles. The standard InChI is InChI=1S/C22H32N2O6/c1-14(22(30)24-19-10-17(12-25)9-18(11-19)13-26)8-20(28)16(3)23-21(29)7-5-4-6-15(2)27/h9-11,14,16,25-26H,4-8,12-13H2,1-3H3,(H,23,29)(H,24,30). The molecule has 0 spiro atoms. The molecule has 0 aliphatic rings. The lowest BCUT2D eigenvalue weighted by Crippen LogP contribution is -2.39. The first kappa shape index (κ1) is 25.5. The van der Waals surface area contributed by atoms with Crippen LogP contribution in [0.25, 0.3) is 0 Å². The van der Waals surface area contributed by atoms with Crippen LogP contribution in [0.15, 0.2) is 18.2 Å². The Balaban J connectivity index is 2.51. The summed E-state index contributed by atoms with van der Waals surface area (Å²) in [6.07, 6.45) is 1.86. The van der Waals surface area contributed by atoms with Gasteiger partial charge >= 0.3 is 0 Å². The summed E-state index contributed by atoms with van der Waals surface area (Å²) in [5.41, 5.74) is 1.54. The van der Waals surface area contributed by atoms with Gasteiger partial charge in [-0.3, -0.25) is 14.4 Å². The number of amides is 2. The number of hydrogen-bond acceptors (Lipinski definition) is 6. The van der Waals surface area contributed by atoms with E-state index in [2.05, 4.69) is 10.6 Å². The van der Waals surface area contributed by atoms with Crippen molar-refractivity contribution in [2.45, 2.75) is 72.1 Å². The van der Waals surface area contributed by atoms with Crippen molar-refractivity contribution in [3.63, 3.8) is 0 Å². The number of nitrogens with one attached hydrogen (secondary N) is 2. The van der Waals surface area contributed by atoms with Gasteiger partial charge in [0.25, 0.3) is 0 Å². The van der Waals surface area contributed by atoms with Crippen LogP contribution in [0.5, 0.6) is 0 Å². The van der Waals surface area contributed by atoms with Crippen LogP contribution in [0.1, 0.15) is 64.0 Å². The van der Waals surface area contributed by atoms with Crippen LogP contribution in [0, 0.1) is 5.92 Å². The monoisotopic (exact) mass is 420 g/mol. The zero-order valence-electron chi connectivity index (χ0n) is 17.9. The maximum absolute atomic E-state index is 12.4. The lowest BCUT2D eigenvalue weighted by Gasteiger charge is -2.17. The van der Waals surface area contributed by atoms with Crippen LogP contribution in [0.4, 0.5) is 5.69 Å². The summed E-state index contributed by atoms with van der Waals surface area (Å²) in [5, 5.41) is 23.9. The summed E-state index contributed by atoms with van der Waals surface area (Å²) >= 11 is 0. The Hall–Kier alpha value is -2.58. The number of hydrogen-bond donors (Lipinski definition) is 4. The molecule has 0 saturated carbocycles. The largest absolute Gasteiger partial charge is 0.392 e. The lowest BCUT2D eigenvalue weighted by molar-refractivity contribution is -0.129. The first-order valence-corrected chi connectivity index (χ1v) is 10.1. The Morgan fingerprint density at radius 3 is 2.03 bits per heavy atom. The van der Waals surface area contributed by atoms with Gasteiger partial charge < -0.3 is 25.6 Å². The van der Waals surface area contributed by atoms with E-state index in [4.69, 9.17) is 0 Å². The second-order valence-electron chi connectivity index (χ2n) is 7.61. The molecular formula is C22H32N2O6. The number of Topliss-reactive ketones (excluding diaryl/α,β-unsaturated/α-hetero) is 2. The summed E-state index contributed by atoms with van der Waals surface area (Å²) in [6.45, 7) is 4.26. The Morgan fingerprint density at radius 1 is 0.933 bits per heavy atom. The number of ketones is 2. The smallest absolute Gasteiger partial charge is 0.227 e. The van der Waals surface area contributed by atoms with Crippen LogP contribution in [0.2, 0.25) is 0 Å². The number of rotatable bonds is 13. The molecule has 2 unspecified atom stereocenters. The summed E-state index contributed by atoms with van der Waals surface area (Å²) in [4.78, 5) is 47.6. The van der Waals surface area contributed by atoms with Crippen LogP contribution in [-0.4, -0.2) is 39.6 Å². The number of anilines is 1. The molecule has 1 rings (SSSR count). The second-order valence-corrected chi connectivity index (χ2v) is 7.61. The number of unbranched alkanes of at least 4 members (excludes halogenated alkanes) is 1. The van der Waals surface area contributed by atoms with E-state index in [9.17, 15) is 29.4 Å². The third-order valence-electron chi connectivity index (χ3n) is 4.68. The van der Waals surface area contributed by atoms with E-state index >= 15 is 0 Å². The minimum atomic E-state index is -0.709. The number of aliphatic hydroxyl groups excluding tert-OH is 2. The summed E-state index contributed by atoms with van der Waals surface area (Å²) in [5.74, 6) is -1.42. The average Bonchev–Trinajstić information content (AvgIpc) is 2.70. The molecule has 2 atom stereocenters. The second kappa shape index (κ2) is 12.9. The first-order valence-electron chi connectivity index (χ1n) is 10.1. The normalized spacial score (nSPS) is 12.7. The molecule has 1 aromatic rings. The average molecular weight is 421 g/mol. The van der Waals surface area contributed by atoms with E-state index in [1.807, 2.05) is 0 Å². The highest BCUT2D eigenvalue weighted by Gasteiger charge is 2.22. The zero-order valence-corrected chi connectivity index (χ0v) is 17.9. The molecule has 8 nitrogen and oxygen atoms in total. The van der Waals surface area contributed by atoms with Crippen LogP contribution >= 0.6 is 0 Å². The summed E-state index contributed by atoms with van der Waals surface area (Å²) in [6, 6.07) is 4.12. The van der Waals surface area contributed by atoms with Crippen molar-refractivity contribution < 1.29 is 29.4 Å². The summed E-state index contributed by atoms with van der Waals surface area (Å²) in [7, 11) is 0. The van der Waals surface area contributed by atoms with Crippen LogP contribution in [-0.2, 0) is 32.4 Å². The van der Waals surface area contributed by atoms with Crippen molar-refractivity contribution in [1.82, 2.24) is 5.32 Å². The maximum Gasteiger partial charge on any atom is 0.227 e. The molecule has 166 valence electrons. The Morgan fingerprint density at radius 2 is 1.50 bits per heavy atom. The van der Waals surface area contributed by atoms with Crippen LogP contribution < -0.4 is 10.6 Å². The Labute approximate surface area is 177 Å². The Bertz CT molecular complexity index is 740. The van der Waals surface area contributed by atoms with Crippen molar-refractivity contribution in [2.75, 3.05) is 5.32 Å². The first-order chi connectivity index (χ1) is 14.2. The van der Waals surface area contributed by atoms with E-state index in [1.165, 1.54) is 6.92 Å². The molecule has 2 amide bonds. The zero-order chi connectivity index (χ0) is 22.7. The Kier molecular flexibility index (Phi) is 10.9. The van der Waals surface area contributed by atoms with E-state index < -0.39 is 12.0 Å². The van der Waals surface area contributed by atoms with E-state index in [-0.39, 0.29) is 49.4 Å². The van der Waals surface area contributed by atoms with Gasteiger partial charge in [0.15, 0.2) is 5.78 Å². The fourth-order valence-corrected chi connectivity index (χ4v) is 2.91. The third kappa shape index (κ3) is 9.28. The van der Waals surface area contributed by atoms with Gasteiger partial charge in [-0.05, 0) is 49.9 Å². The van der Waals surface area contributed by atoms with Crippen molar-refractivity contribution in [2.24, 2.45) is 5.92 Å². The SMILES string of the molecule is CC(=O)CCCCC(=O)NC(C)C(=O)CC(C)C(=O)Nc1cc(CO)cc(CO)c1. The molecular weight excluding hydrogens is 388 g/mol. The quantitative estimate of drug-likeness (QED) is 0.360. The minimum absolute atomic E-state index is 0.0375. The van der Waals surface area contributed by atoms with E-state index in [0.29, 0.717) is 36.1 Å². The molecule has 0 aliphatic heterocycles. The lowest BCUT2D eigenvalue weighted by atomic mass is 9.99. The van der Waals surface area contributed by atoms with Gasteiger partial charge in [0.2, 0.25) is 11.8 Å². The molecule has 0 aliphatic carbocycles. The van der Waals surface area contributed by atoms with Crippen molar-refractivity contribution in [3.05, 3.63) is 29.3 Å². The fraction of sp³-hybridized carbons (Fsp3) is 0.545. The predicted octanol–water partition coefficient (Wildman–Crippen LogP) is 1.86. The van der Waals surface area contributed by atoms with Gasteiger partial charge in [0.05, 0.1) is 19.3 Å². The molecule has 4 N–H and O–H groups in total. The molecule has 8 heteroatoms. The number of aliphatic hydroxyl groups is 2. The van der Waals surface area contributed by atoms with Gasteiger partial charge in [-0.15, -0.1) is 0 Å². The summed E-state index contributed by atoms with van der Waals surface area (Å²) < 4.78 is 0. The topological polar surface area (TPSA) is 133 Å². The highest BCUT2D eigenvalue weighted by Crippen LogP contribution is 2.17. The van der Waals surface area contributed by atoms with Gasteiger partial charge in [0, 0.05) is 30.9 Å². The van der Waals surface area contributed by atoms with Crippen molar-refractivity contribution in [3.8, 4) is 0 Å². The van der Waals surface area contributed by atoms with Crippen LogP contribution in [0.3, 0.4) is 0 Å². The molecule has 0 radical (unpaired) electrons. The molecule has 0 aromatic heterocycles. The van der Waals surface area contributed by atoms with E-state index in [0.717, 1.165) is 0 Å². The highest BCUT2D eigenvalue weighted by atomic mass is 16.3. The number of carbonyl (C=O) groups is 4. The van der Waals surface area contributed by atoms with Gasteiger partial charge in [-0.2, -0.15) is 0 Å². The predicted molar refractivity (Wildman–Crippen MR) is 112 cm³/mol.